The Morgan fingerprint density at radius 1 is 1.22 bits per heavy atom. The van der Waals surface area contributed by atoms with Gasteiger partial charge in [0, 0.05) is 19.0 Å². The topological polar surface area (TPSA) is 110 Å². The second-order valence-corrected chi connectivity index (χ2v) is 7.25. The second-order valence-electron chi connectivity index (χ2n) is 5.32. The highest BCUT2D eigenvalue weighted by Crippen LogP contribution is 2.24. The number of primary amides is 1. The van der Waals surface area contributed by atoms with Crippen LogP contribution in [0.1, 0.15) is 12.8 Å². The quantitative estimate of drug-likeness (QED) is 0.773. The van der Waals surface area contributed by atoms with E-state index in [4.69, 9.17) is 5.73 Å². The Morgan fingerprint density at radius 2 is 1.78 bits per heavy atom. The average molecular weight is 343 g/mol. The molecule has 0 radical (unpaired) electrons. The molecular weight excluding hydrogens is 325 g/mol. The van der Waals surface area contributed by atoms with Gasteiger partial charge in [-0.1, -0.05) is 0 Å². The molecule has 9 heteroatoms. The van der Waals surface area contributed by atoms with Gasteiger partial charge in [-0.3, -0.25) is 9.59 Å². The van der Waals surface area contributed by atoms with Crippen LogP contribution in [0.15, 0.2) is 29.2 Å². The van der Waals surface area contributed by atoms with Crippen molar-refractivity contribution in [1.82, 2.24) is 9.62 Å². The molecule has 2 amide bonds. The fourth-order valence-corrected chi connectivity index (χ4v) is 3.90. The van der Waals surface area contributed by atoms with Crippen molar-refractivity contribution in [2.24, 2.45) is 11.7 Å². The Hall–Kier alpha value is -2.00. The molecule has 0 spiro atoms. The molecule has 1 fully saturated rings. The third-order valence-electron chi connectivity index (χ3n) is 3.71. The normalized spacial score (nSPS) is 16.9. The van der Waals surface area contributed by atoms with E-state index in [-0.39, 0.29) is 36.4 Å². The van der Waals surface area contributed by atoms with E-state index in [1.807, 2.05) is 0 Å². The number of halogens is 1. The Bertz CT molecular complexity index is 682. The summed E-state index contributed by atoms with van der Waals surface area (Å²) < 4.78 is 39.0. The zero-order valence-electron chi connectivity index (χ0n) is 12.4. The number of nitrogens with two attached hydrogens (primary N) is 1. The molecule has 0 unspecified atom stereocenters. The number of amides is 2. The SMILES string of the molecule is NC(=O)CNC(=O)C1CCN(S(=O)(=O)c2ccc(F)cc2)CC1. The molecule has 7 nitrogen and oxygen atoms in total. The molecule has 2 rings (SSSR count). The highest BCUT2D eigenvalue weighted by atomic mass is 32.2. The van der Waals surface area contributed by atoms with Crippen LogP contribution in [-0.2, 0) is 19.6 Å². The fraction of sp³-hybridized carbons (Fsp3) is 0.429. The largest absolute Gasteiger partial charge is 0.368 e. The summed E-state index contributed by atoms with van der Waals surface area (Å²) in [5.74, 6) is -1.79. The van der Waals surface area contributed by atoms with Crippen LogP contribution >= 0.6 is 0 Å². The maximum atomic E-state index is 12.9. The van der Waals surface area contributed by atoms with E-state index in [2.05, 4.69) is 5.32 Å². The maximum absolute atomic E-state index is 12.9. The van der Waals surface area contributed by atoms with E-state index >= 15 is 0 Å². The predicted molar refractivity (Wildman–Crippen MR) is 80.1 cm³/mol. The molecule has 1 heterocycles. The summed E-state index contributed by atoms with van der Waals surface area (Å²) in [6.07, 6.45) is 0.704. The molecule has 1 aromatic carbocycles. The molecule has 0 aromatic heterocycles. The summed E-state index contributed by atoms with van der Waals surface area (Å²) in [6.45, 7) is 0.148. The third kappa shape index (κ3) is 4.26. The van der Waals surface area contributed by atoms with Gasteiger partial charge < -0.3 is 11.1 Å². The van der Waals surface area contributed by atoms with Crippen molar-refractivity contribution in [1.29, 1.82) is 0 Å². The summed E-state index contributed by atoms with van der Waals surface area (Å²) in [5, 5.41) is 2.42. The molecule has 1 saturated heterocycles. The number of carbonyl (C=O) groups excluding carboxylic acids is 2. The Labute approximate surface area is 133 Å². The van der Waals surface area contributed by atoms with Crippen molar-refractivity contribution in [3.63, 3.8) is 0 Å². The Kier molecular flexibility index (Phi) is 5.32. The van der Waals surface area contributed by atoms with Gasteiger partial charge in [0.2, 0.25) is 21.8 Å². The Balaban J connectivity index is 1.97. The number of nitrogens with one attached hydrogen (secondary N) is 1. The van der Waals surface area contributed by atoms with Gasteiger partial charge in [-0.15, -0.1) is 0 Å². The van der Waals surface area contributed by atoms with Gasteiger partial charge in [-0.05, 0) is 37.1 Å². The van der Waals surface area contributed by atoms with Crippen LogP contribution in [0.4, 0.5) is 4.39 Å². The molecule has 3 N–H and O–H groups in total. The van der Waals surface area contributed by atoms with E-state index in [9.17, 15) is 22.4 Å². The number of nitrogens with zero attached hydrogens (tertiary/aromatic N) is 1. The molecule has 0 bridgehead atoms. The lowest BCUT2D eigenvalue weighted by Gasteiger charge is -2.30. The van der Waals surface area contributed by atoms with Crippen molar-refractivity contribution >= 4 is 21.8 Å². The predicted octanol–water partition coefficient (Wildman–Crippen LogP) is -0.172. The summed E-state index contributed by atoms with van der Waals surface area (Å²) >= 11 is 0. The smallest absolute Gasteiger partial charge is 0.243 e. The van der Waals surface area contributed by atoms with Gasteiger partial charge in [-0.25, -0.2) is 12.8 Å². The van der Waals surface area contributed by atoms with Crippen LogP contribution in [-0.4, -0.2) is 44.2 Å². The first-order valence-corrected chi connectivity index (χ1v) is 8.56. The summed E-state index contributed by atoms with van der Waals surface area (Å²) in [5.41, 5.74) is 4.96. The minimum Gasteiger partial charge on any atom is -0.368 e. The van der Waals surface area contributed by atoms with Crippen molar-refractivity contribution in [3.8, 4) is 0 Å². The highest BCUT2D eigenvalue weighted by Gasteiger charge is 2.32. The van der Waals surface area contributed by atoms with E-state index < -0.39 is 21.7 Å². The molecule has 0 atom stereocenters. The lowest BCUT2D eigenvalue weighted by molar-refractivity contribution is -0.128. The average Bonchev–Trinajstić information content (AvgIpc) is 2.53. The fourth-order valence-electron chi connectivity index (χ4n) is 2.43. The summed E-state index contributed by atoms with van der Waals surface area (Å²) in [4.78, 5) is 22.5. The minimum atomic E-state index is -3.69. The third-order valence-corrected chi connectivity index (χ3v) is 5.63. The molecule has 1 aliphatic rings. The van der Waals surface area contributed by atoms with E-state index in [1.54, 1.807) is 0 Å². The van der Waals surface area contributed by atoms with Gasteiger partial charge in [0.15, 0.2) is 0 Å². The number of carbonyl (C=O) groups is 2. The van der Waals surface area contributed by atoms with Gasteiger partial charge in [-0.2, -0.15) is 4.31 Å². The lowest BCUT2D eigenvalue weighted by atomic mass is 9.97. The van der Waals surface area contributed by atoms with E-state index in [0.717, 1.165) is 12.1 Å². The molecule has 0 saturated carbocycles. The number of sulfonamides is 1. The van der Waals surface area contributed by atoms with Gasteiger partial charge in [0.05, 0.1) is 11.4 Å². The molecule has 23 heavy (non-hydrogen) atoms. The van der Waals surface area contributed by atoms with Crippen LogP contribution in [0.5, 0.6) is 0 Å². The van der Waals surface area contributed by atoms with Crippen LogP contribution < -0.4 is 11.1 Å². The van der Waals surface area contributed by atoms with Crippen LogP contribution in [0.3, 0.4) is 0 Å². The number of hydrogen-bond donors (Lipinski definition) is 2. The first-order valence-electron chi connectivity index (χ1n) is 7.12. The summed E-state index contributed by atoms with van der Waals surface area (Å²) in [6, 6.07) is 4.63. The first-order chi connectivity index (χ1) is 10.8. The van der Waals surface area contributed by atoms with Crippen LogP contribution in [0.25, 0.3) is 0 Å². The van der Waals surface area contributed by atoms with E-state index in [1.165, 1.54) is 16.4 Å². The molecule has 0 aliphatic carbocycles. The van der Waals surface area contributed by atoms with Crippen molar-refractivity contribution in [2.45, 2.75) is 17.7 Å². The van der Waals surface area contributed by atoms with Crippen LogP contribution in [0, 0.1) is 11.7 Å². The molecule has 1 aromatic rings. The van der Waals surface area contributed by atoms with Gasteiger partial charge in [0.25, 0.3) is 0 Å². The number of rotatable bonds is 5. The molecule has 1 aliphatic heterocycles. The minimum absolute atomic E-state index is 0.0236. The monoisotopic (exact) mass is 343 g/mol. The van der Waals surface area contributed by atoms with Gasteiger partial charge in [0.1, 0.15) is 5.82 Å². The highest BCUT2D eigenvalue weighted by molar-refractivity contribution is 7.89. The molecular formula is C14H18FN3O4S. The Morgan fingerprint density at radius 3 is 2.30 bits per heavy atom. The van der Waals surface area contributed by atoms with Crippen molar-refractivity contribution in [3.05, 3.63) is 30.1 Å². The zero-order chi connectivity index (χ0) is 17.0. The van der Waals surface area contributed by atoms with Crippen LogP contribution in [0.2, 0.25) is 0 Å². The van der Waals surface area contributed by atoms with Gasteiger partial charge >= 0.3 is 0 Å². The zero-order valence-corrected chi connectivity index (χ0v) is 13.2. The standard InChI is InChI=1S/C14H18FN3O4S/c15-11-1-3-12(4-2-11)23(21,22)18-7-5-10(6-8-18)14(20)17-9-13(16)19/h1-4,10H,5-9H2,(H2,16,19)(H,17,20). The maximum Gasteiger partial charge on any atom is 0.243 e. The lowest BCUT2D eigenvalue weighted by Crippen LogP contribution is -2.44. The van der Waals surface area contributed by atoms with Crippen molar-refractivity contribution < 1.29 is 22.4 Å². The van der Waals surface area contributed by atoms with Crippen molar-refractivity contribution in [2.75, 3.05) is 19.6 Å². The first kappa shape index (κ1) is 17.4. The number of piperidine rings is 1. The molecule has 126 valence electrons. The second kappa shape index (κ2) is 7.05. The number of hydrogen-bond acceptors (Lipinski definition) is 4. The summed E-state index contributed by atoms with van der Waals surface area (Å²) in [7, 11) is -3.69. The number of benzene rings is 1. The van der Waals surface area contributed by atoms with E-state index in [0.29, 0.717) is 12.8 Å².